The van der Waals surface area contributed by atoms with Crippen LogP contribution in [-0.4, -0.2) is 22.3 Å². The number of carboxylic acids is 1. The van der Waals surface area contributed by atoms with E-state index in [4.69, 9.17) is 5.11 Å². The van der Waals surface area contributed by atoms with Gasteiger partial charge in [-0.1, -0.05) is 58.4 Å². The van der Waals surface area contributed by atoms with Crippen molar-refractivity contribution < 1.29 is 15.0 Å². The van der Waals surface area contributed by atoms with Crippen LogP contribution in [0.5, 0.6) is 0 Å². The van der Waals surface area contributed by atoms with Crippen LogP contribution >= 0.6 is 15.9 Å². The summed E-state index contributed by atoms with van der Waals surface area (Å²) in [4.78, 5) is 10.9. The van der Waals surface area contributed by atoms with E-state index in [0.717, 1.165) is 21.2 Å². The van der Waals surface area contributed by atoms with Crippen LogP contribution in [0.4, 0.5) is 0 Å². The van der Waals surface area contributed by atoms with E-state index in [1.165, 1.54) is 6.92 Å². The number of aliphatic hydroxyl groups excluding tert-OH is 1. The van der Waals surface area contributed by atoms with Gasteiger partial charge in [-0.15, -0.1) is 0 Å². The Labute approximate surface area is 132 Å². The van der Waals surface area contributed by atoms with Crippen LogP contribution in [0.15, 0.2) is 53.0 Å². The molecular weight excluding hydrogens is 332 g/mol. The minimum Gasteiger partial charge on any atom is -0.481 e. The first-order chi connectivity index (χ1) is 9.99. The standard InChI is InChI=1S/C17H17BrO3/c1-11(17(20)21)16(19)10-12-7-8-14(15(18)9-12)13-5-3-2-4-6-13/h2-9,11,16,19H,10H2,1H3,(H,20,21). The predicted octanol–water partition coefficient (Wildman–Crippen LogP) is 3.74. The van der Waals surface area contributed by atoms with Crippen molar-refractivity contribution >= 4 is 21.9 Å². The van der Waals surface area contributed by atoms with Crippen molar-refractivity contribution in [3.63, 3.8) is 0 Å². The molecule has 0 aliphatic heterocycles. The lowest BCUT2D eigenvalue weighted by Gasteiger charge is -2.15. The molecule has 2 aromatic rings. The van der Waals surface area contributed by atoms with E-state index in [2.05, 4.69) is 15.9 Å². The van der Waals surface area contributed by atoms with Crippen molar-refractivity contribution in [2.75, 3.05) is 0 Å². The van der Waals surface area contributed by atoms with Crippen molar-refractivity contribution in [3.05, 3.63) is 58.6 Å². The Hall–Kier alpha value is -1.65. The lowest BCUT2D eigenvalue weighted by molar-refractivity contribution is -0.144. The van der Waals surface area contributed by atoms with Gasteiger partial charge >= 0.3 is 5.97 Å². The normalized spacial score (nSPS) is 13.7. The highest BCUT2D eigenvalue weighted by Crippen LogP contribution is 2.29. The van der Waals surface area contributed by atoms with E-state index >= 15 is 0 Å². The second kappa shape index (κ2) is 6.87. The molecule has 0 saturated heterocycles. The summed E-state index contributed by atoms with van der Waals surface area (Å²) in [6.07, 6.45) is -0.571. The van der Waals surface area contributed by atoms with Crippen LogP contribution in [0, 0.1) is 5.92 Å². The van der Waals surface area contributed by atoms with Gasteiger partial charge in [0.2, 0.25) is 0 Å². The van der Waals surface area contributed by atoms with Gasteiger partial charge in [-0.2, -0.15) is 0 Å². The summed E-state index contributed by atoms with van der Waals surface area (Å²) in [5.41, 5.74) is 3.08. The zero-order valence-electron chi connectivity index (χ0n) is 11.7. The molecule has 0 radical (unpaired) electrons. The van der Waals surface area contributed by atoms with Gasteiger partial charge in [0.25, 0.3) is 0 Å². The van der Waals surface area contributed by atoms with Crippen LogP contribution < -0.4 is 0 Å². The second-order valence-corrected chi connectivity index (χ2v) is 5.93. The smallest absolute Gasteiger partial charge is 0.308 e. The Kier molecular flexibility index (Phi) is 5.15. The fourth-order valence-corrected chi connectivity index (χ4v) is 2.78. The van der Waals surface area contributed by atoms with Gasteiger partial charge in [-0.25, -0.2) is 0 Å². The molecule has 2 unspecified atom stereocenters. The third kappa shape index (κ3) is 3.93. The minimum atomic E-state index is -0.984. The van der Waals surface area contributed by atoms with E-state index in [1.54, 1.807) is 0 Å². The number of carbonyl (C=O) groups is 1. The van der Waals surface area contributed by atoms with E-state index in [1.807, 2.05) is 48.5 Å². The average Bonchev–Trinajstić information content (AvgIpc) is 2.47. The molecule has 0 fully saturated rings. The molecule has 3 nitrogen and oxygen atoms in total. The summed E-state index contributed by atoms with van der Waals surface area (Å²) < 4.78 is 0.932. The number of hydrogen-bond acceptors (Lipinski definition) is 2. The van der Waals surface area contributed by atoms with Crippen molar-refractivity contribution in [3.8, 4) is 11.1 Å². The van der Waals surface area contributed by atoms with Crippen molar-refractivity contribution in [2.45, 2.75) is 19.4 Å². The molecule has 0 heterocycles. The van der Waals surface area contributed by atoms with Crippen molar-refractivity contribution in [2.24, 2.45) is 5.92 Å². The first-order valence-corrected chi connectivity index (χ1v) is 7.53. The van der Waals surface area contributed by atoms with E-state index in [0.29, 0.717) is 6.42 Å². The third-order valence-electron chi connectivity index (χ3n) is 3.53. The molecule has 0 bridgehead atoms. The van der Waals surface area contributed by atoms with Crippen LogP contribution in [0.2, 0.25) is 0 Å². The molecule has 2 N–H and O–H groups in total. The lowest BCUT2D eigenvalue weighted by atomic mass is 9.96. The quantitative estimate of drug-likeness (QED) is 0.865. The topological polar surface area (TPSA) is 57.5 Å². The number of aliphatic carboxylic acids is 1. The maximum Gasteiger partial charge on any atom is 0.308 e. The lowest BCUT2D eigenvalue weighted by Crippen LogP contribution is -2.27. The molecule has 0 aliphatic rings. The molecule has 2 atom stereocenters. The van der Waals surface area contributed by atoms with Gasteiger partial charge in [0, 0.05) is 4.47 Å². The van der Waals surface area contributed by atoms with Gasteiger partial charge in [0.1, 0.15) is 0 Å². The first kappa shape index (κ1) is 15.7. The summed E-state index contributed by atoms with van der Waals surface area (Å²) in [6.45, 7) is 1.51. The predicted molar refractivity (Wildman–Crippen MR) is 86.1 cm³/mol. The molecule has 0 aliphatic carbocycles. The van der Waals surface area contributed by atoms with Gasteiger partial charge < -0.3 is 10.2 Å². The molecule has 2 rings (SSSR count). The summed E-state index contributed by atoms with van der Waals surface area (Å²) in [7, 11) is 0. The number of carboxylic acid groups (broad SMARTS) is 1. The first-order valence-electron chi connectivity index (χ1n) is 6.73. The molecule has 4 heteroatoms. The van der Waals surface area contributed by atoms with Crippen molar-refractivity contribution in [1.82, 2.24) is 0 Å². The second-order valence-electron chi connectivity index (χ2n) is 5.08. The number of hydrogen-bond donors (Lipinski definition) is 2. The highest BCUT2D eigenvalue weighted by molar-refractivity contribution is 9.10. The maximum absolute atomic E-state index is 10.9. The SMILES string of the molecule is CC(C(=O)O)C(O)Cc1ccc(-c2ccccc2)c(Br)c1. The highest BCUT2D eigenvalue weighted by Gasteiger charge is 2.21. The number of halogens is 1. The Bertz CT molecular complexity index is 625. The number of benzene rings is 2. The molecule has 2 aromatic carbocycles. The van der Waals surface area contributed by atoms with Crippen LogP contribution in [0.1, 0.15) is 12.5 Å². The fraction of sp³-hybridized carbons (Fsp3) is 0.235. The molecule has 110 valence electrons. The zero-order chi connectivity index (χ0) is 15.4. The summed E-state index contributed by atoms with van der Waals surface area (Å²) in [5.74, 6) is -1.76. The Morgan fingerprint density at radius 2 is 1.86 bits per heavy atom. The summed E-state index contributed by atoms with van der Waals surface area (Å²) >= 11 is 3.54. The monoisotopic (exact) mass is 348 g/mol. The molecule has 0 amide bonds. The zero-order valence-corrected chi connectivity index (χ0v) is 13.2. The summed E-state index contributed by atoms with van der Waals surface area (Å²) in [6, 6.07) is 15.8. The number of aliphatic hydroxyl groups is 1. The van der Waals surface area contributed by atoms with E-state index in [9.17, 15) is 9.90 Å². The molecular formula is C17H17BrO3. The van der Waals surface area contributed by atoms with E-state index in [-0.39, 0.29) is 0 Å². The third-order valence-corrected chi connectivity index (χ3v) is 4.19. The van der Waals surface area contributed by atoms with Crippen molar-refractivity contribution in [1.29, 1.82) is 0 Å². The molecule has 0 spiro atoms. The Morgan fingerprint density at radius 1 is 1.19 bits per heavy atom. The van der Waals surface area contributed by atoms with E-state index < -0.39 is 18.0 Å². The number of rotatable bonds is 5. The van der Waals surface area contributed by atoms with Gasteiger partial charge in [-0.05, 0) is 36.1 Å². The van der Waals surface area contributed by atoms with Crippen LogP contribution in [0.3, 0.4) is 0 Å². The Balaban J connectivity index is 2.18. The highest BCUT2D eigenvalue weighted by atomic mass is 79.9. The Morgan fingerprint density at radius 3 is 2.43 bits per heavy atom. The minimum absolute atomic E-state index is 0.321. The molecule has 0 saturated carbocycles. The fourth-order valence-electron chi connectivity index (χ4n) is 2.12. The van der Waals surface area contributed by atoms with Gasteiger partial charge in [0.05, 0.1) is 12.0 Å². The molecule has 0 aromatic heterocycles. The summed E-state index contributed by atoms with van der Waals surface area (Å²) in [5, 5.41) is 18.8. The largest absolute Gasteiger partial charge is 0.481 e. The maximum atomic E-state index is 10.9. The van der Waals surface area contributed by atoms with Gasteiger partial charge in [-0.3, -0.25) is 4.79 Å². The van der Waals surface area contributed by atoms with Crippen LogP contribution in [0.25, 0.3) is 11.1 Å². The van der Waals surface area contributed by atoms with Gasteiger partial charge in [0.15, 0.2) is 0 Å². The van der Waals surface area contributed by atoms with Crippen LogP contribution in [-0.2, 0) is 11.2 Å². The average molecular weight is 349 g/mol. The molecule has 21 heavy (non-hydrogen) atoms.